The Bertz CT molecular complexity index is 370. The second kappa shape index (κ2) is 3.71. The molecule has 7 heteroatoms. The third-order valence-electron chi connectivity index (χ3n) is 3.53. The smallest absolute Gasteiger partial charge is 0.496 e. The highest BCUT2D eigenvalue weighted by molar-refractivity contribution is 6.53. The molecule has 6 nitrogen and oxygen atoms in total. The van der Waals surface area contributed by atoms with Gasteiger partial charge in [-0.05, 0) is 26.3 Å². The van der Waals surface area contributed by atoms with Gasteiger partial charge in [0.1, 0.15) is 6.04 Å². The molecular weight excluding hydrogens is 225 g/mol. The molecule has 17 heavy (non-hydrogen) atoms. The number of hydrogen-bond donors (Lipinski definition) is 0. The van der Waals surface area contributed by atoms with Gasteiger partial charge in [-0.3, -0.25) is 14.5 Å². The summed E-state index contributed by atoms with van der Waals surface area (Å²) in [5, 5.41) is 0. The van der Waals surface area contributed by atoms with Crippen LogP contribution >= 0.6 is 0 Å². The lowest BCUT2D eigenvalue weighted by Crippen LogP contribution is -2.51. The van der Waals surface area contributed by atoms with E-state index in [4.69, 9.17) is 14.0 Å². The molecule has 0 radical (unpaired) electrons. The Balaban J connectivity index is 1.79. The second-order valence-corrected chi connectivity index (χ2v) is 4.99. The van der Waals surface area contributed by atoms with Crippen LogP contribution in [0.25, 0.3) is 0 Å². The van der Waals surface area contributed by atoms with Gasteiger partial charge in [-0.25, -0.2) is 0 Å². The molecule has 3 rings (SSSR count). The van der Waals surface area contributed by atoms with Crippen molar-refractivity contribution in [3.05, 3.63) is 0 Å². The van der Waals surface area contributed by atoms with E-state index in [2.05, 4.69) is 0 Å². The number of carbonyl (C=O) groups excluding carboxylic acids is 2. The van der Waals surface area contributed by atoms with Gasteiger partial charge in [0.05, 0.1) is 13.2 Å². The lowest BCUT2D eigenvalue weighted by atomic mass is 9.72. The summed E-state index contributed by atoms with van der Waals surface area (Å²) in [6, 6.07) is -0.298. The average Bonchev–Trinajstić information content (AvgIpc) is 2.85. The summed E-state index contributed by atoms with van der Waals surface area (Å²) in [7, 11) is -0.898. The van der Waals surface area contributed by atoms with Crippen molar-refractivity contribution in [2.75, 3.05) is 19.7 Å². The van der Waals surface area contributed by atoms with Gasteiger partial charge in [0.25, 0.3) is 0 Å². The SMILES string of the molecule is CC1(B2OC(=O)CN3CCC[C@H]3C(=O)O2)CO1. The Kier molecular flexibility index (Phi) is 2.41. The molecule has 0 aliphatic carbocycles. The van der Waals surface area contributed by atoms with Crippen LogP contribution in [0.2, 0.25) is 0 Å². The molecule has 3 aliphatic rings. The predicted octanol–water partition coefficient (Wildman–Crippen LogP) is -0.633. The lowest BCUT2D eigenvalue weighted by Gasteiger charge is -2.28. The van der Waals surface area contributed by atoms with E-state index in [0.29, 0.717) is 6.61 Å². The summed E-state index contributed by atoms with van der Waals surface area (Å²) < 4.78 is 15.6. The minimum atomic E-state index is -0.898. The van der Waals surface area contributed by atoms with Crippen molar-refractivity contribution in [1.29, 1.82) is 0 Å². The van der Waals surface area contributed by atoms with Crippen molar-refractivity contribution in [3.63, 3.8) is 0 Å². The summed E-state index contributed by atoms with van der Waals surface area (Å²) in [5.41, 5.74) is -0.647. The van der Waals surface area contributed by atoms with E-state index in [0.717, 1.165) is 19.4 Å². The molecule has 0 bridgehead atoms. The van der Waals surface area contributed by atoms with E-state index in [1.807, 2.05) is 4.90 Å². The normalized spacial score (nSPS) is 37.9. The third-order valence-corrected chi connectivity index (χ3v) is 3.53. The number of hydrogen-bond acceptors (Lipinski definition) is 6. The number of carbonyl (C=O) groups is 2. The molecule has 92 valence electrons. The van der Waals surface area contributed by atoms with E-state index in [9.17, 15) is 9.59 Å². The van der Waals surface area contributed by atoms with Crippen LogP contribution < -0.4 is 0 Å². The molecule has 3 heterocycles. The molecule has 0 saturated carbocycles. The van der Waals surface area contributed by atoms with Crippen LogP contribution in [0, 0.1) is 0 Å². The standard InChI is InChI=1S/C10H14BNO5/c1-10(6-15-10)11-16-8(13)5-12-4-2-3-7(12)9(14)17-11/h7H,2-6H2,1H3/t7-,10?/m0/s1. The van der Waals surface area contributed by atoms with Crippen molar-refractivity contribution in [2.24, 2.45) is 0 Å². The first-order chi connectivity index (χ1) is 8.08. The maximum absolute atomic E-state index is 11.9. The van der Waals surface area contributed by atoms with Crippen LogP contribution in [0.15, 0.2) is 0 Å². The molecule has 0 N–H and O–H groups in total. The van der Waals surface area contributed by atoms with Crippen LogP contribution in [0.1, 0.15) is 19.8 Å². The fourth-order valence-corrected chi connectivity index (χ4v) is 2.31. The summed E-state index contributed by atoms with van der Waals surface area (Å²) in [5.74, 6) is -0.664. The van der Waals surface area contributed by atoms with Crippen LogP contribution in [0.4, 0.5) is 0 Å². The van der Waals surface area contributed by atoms with E-state index >= 15 is 0 Å². The van der Waals surface area contributed by atoms with Gasteiger partial charge >= 0.3 is 19.1 Å². The highest BCUT2D eigenvalue weighted by Crippen LogP contribution is 2.32. The summed E-state index contributed by atoms with van der Waals surface area (Å²) in [6.07, 6.45) is 1.65. The number of ether oxygens (including phenoxy) is 1. The van der Waals surface area contributed by atoms with Gasteiger partial charge < -0.3 is 14.0 Å². The first-order valence-electron chi connectivity index (χ1n) is 5.86. The maximum Gasteiger partial charge on any atom is 0.635 e. The van der Waals surface area contributed by atoms with Crippen molar-refractivity contribution >= 4 is 19.1 Å². The Morgan fingerprint density at radius 2 is 2.18 bits per heavy atom. The monoisotopic (exact) mass is 239 g/mol. The molecule has 0 aromatic carbocycles. The average molecular weight is 239 g/mol. The van der Waals surface area contributed by atoms with E-state index in [-0.39, 0.29) is 24.5 Å². The van der Waals surface area contributed by atoms with E-state index in [1.54, 1.807) is 6.92 Å². The molecular formula is C10H14BNO5. The number of nitrogens with zero attached hydrogens (tertiary/aromatic N) is 1. The zero-order valence-electron chi connectivity index (χ0n) is 9.68. The lowest BCUT2D eigenvalue weighted by molar-refractivity contribution is -0.149. The Labute approximate surface area is 99.3 Å². The van der Waals surface area contributed by atoms with Gasteiger partial charge in [0, 0.05) is 0 Å². The van der Waals surface area contributed by atoms with Gasteiger partial charge in [-0.2, -0.15) is 0 Å². The first kappa shape index (κ1) is 11.0. The van der Waals surface area contributed by atoms with Crippen molar-refractivity contribution in [2.45, 2.75) is 31.3 Å². The molecule has 0 aromatic rings. The minimum absolute atomic E-state index is 0.159. The van der Waals surface area contributed by atoms with Crippen LogP contribution in [-0.2, 0) is 23.6 Å². The molecule has 0 amide bonds. The largest absolute Gasteiger partial charge is 0.635 e. The zero-order valence-corrected chi connectivity index (χ0v) is 9.68. The second-order valence-electron chi connectivity index (χ2n) is 4.99. The van der Waals surface area contributed by atoms with E-state index < -0.39 is 12.6 Å². The van der Waals surface area contributed by atoms with Crippen LogP contribution in [-0.4, -0.2) is 55.2 Å². The summed E-state index contributed by atoms with van der Waals surface area (Å²) in [6.45, 7) is 3.12. The molecule has 3 saturated heterocycles. The molecule has 3 fully saturated rings. The minimum Gasteiger partial charge on any atom is -0.496 e. The Morgan fingerprint density at radius 1 is 1.41 bits per heavy atom. The predicted molar refractivity (Wildman–Crippen MR) is 56.9 cm³/mol. The van der Waals surface area contributed by atoms with Gasteiger partial charge in [0.15, 0.2) is 5.50 Å². The molecule has 2 atom stereocenters. The molecule has 1 unspecified atom stereocenters. The highest BCUT2D eigenvalue weighted by Gasteiger charge is 2.60. The highest BCUT2D eigenvalue weighted by atomic mass is 16.7. The Morgan fingerprint density at radius 3 is 2.88 bits per heavy atom. The fourth-order valence-electron chi connectivity index (χ4n) is 2.31. The van der Waals surface area contributed by atoms with Crippen LogP contribution in [0.5, 0.6) is 0 Å². The quantitative estimate of drug-likeness (QED) is 0.448. The van der Waals surface area contributed by atoms with Gasteiger partial charge in [-0.1, -0.05) is 0 Å². The molecule has 0 aromatic heterocycles. The summed E-state index contributed by atoms with van der Waals surface area (Å²) >= 11 is 0. The third kappa shape index (κ3) is 1.93. The Hall–Kier alpha value is -1.08. The first-order valence-corrected chi connectivity index (χ1v) is 5.86. The number of rotatable bonds is 1. The van der Waals surface area contributed by atoms with Crippen LogP contribution in [0.3, 0.4) is 0 Å². The summed E-state index contributed by atoms with van der Waals surface area (Å²) in [4.78, 5) is 25.4. The maximum atomic E-state index is 11.9. The van der Waals surface area contributed by atoms with E-state index in [1.165, 1.54) is 0 Å². The molecule has 3 aliphatic heterocycles. The van der Waals surface area contributed by atoms with Gasteiger partial charge in [-0.15, -0.1) is 0 Å². The van der Waals surface area contributed by atoms with Crippen molar-refractivity contribution in [1.82, 2.24) is 4.90 Å². The van der Waals surface area contributed by atoms with Crippen molar-refractivity contribution < 1.29 is 23.6 Å². The fraction of sp³-hybridized carbons (Fsp3) is 0.800. The molecule has 0 spiro atoms. The van der Waals surface area contributed by atoms with Gasteiger partial charge in [0.2, 0.25) is 0 Å². The number of fused-ring (bicyclic) bond motifs is 1. The topological polar surface area (TPSA) is 68.4 Å². The van der Waals surface area contributed by atoms with Crippen molar-refractivity contribution in [3.8, 4) is 0 Å². The number of epoxide rings is 1. The zero-order chi connectivity index (χ0) is 12.0.